The summed E-state index contributed by atoms with van der Waals surface area (Å²) in [5, 5.41) is 14.7. The van der Waals surface area contributed by atoms with Gasteiger partial charge in [-0.25, -0.2) is 0 Å². The maximum Gasteiger partial charge on any atom is 0.0707 e. The van der Waals surface area contributed by atoms with Crippen molar-refractivity contribution >= 4 is 11.3 Å². The number of hydrogen-bond acceptors (Lipinski definition) is 3. The van der Waals surface area contributed by atoms with Crippen molar-refractivity contribution in [2.24, 2.45) is 5.92 Å². The van der Waals surface area contributed by atoms with E-state index in [1.54, 1.807) is 11.3 Å². The molecule has 0 saturated carbocycles. The van der Waals surface area contributed by atoms with Crippen molar-refractivity contribution < 1.29 is 5.11 Å². The SMILES string of the molecule is CC(C)CN(Cc1ccsc1)C[C@H](O)Cc1ccccc1. The Hall–Kier alpha value is -1.16. The molecule has 1 aromatic carbocycles. The second-order valence-corrected chi connectivity index (χ2v) is 6.84. The molecule has 0 amide bonds. The van der Waals surface area contributed by atoms with Crippen LogP contribution in [0.5, 0.6) is 0 Å². The van der Waals surface area contributed by atoms with Crippen LogP contribution in [0.3, 0.4) is 0 Å². The molecule has 1 atom stereocenters. The first-order chi connectivity index (χ1) is 10.1. The molecule has 0 aliphatic rings. The minimum absolute atomic E-state index is 0.315. The predicted molar refractivity (Wildman–Crippen MR) is 90.6 cm³/mol. The van der Waals surface area contributed by atoms with Gasteiger partial charge in [0.1, 0.15) is 0 Å². The molecule has 0 unspecified atom stereocenters. The molecule has 0 aliphatic heterocycles. The van der Waals surface area contributed by atoms with Gasteiger partial charge in [0.05, 0.1) is 6.10 Å². The van der Waals surface area contributed by atoms with E-state index in [2.05, 4.69) is 47.7 Å². The van der Waals surface area contributed by atoms with Crippen molar-refractivity contribution in [3.05, 3.63) is 58.3 Å². The van der Waals surface area contributed by atoms with Crippen LogP contribution in [0.25, 0.3) is 0 Å². The van der Waals surface area contributed by atoms with E-state index >= 15 is 0 Å². The third kappa shape index (κ3) is 6.00. The van der Waals surface area contributed by atoms with E-state index < -0.39 is 0 Å². The molecule has 2 rings (SSSR count). The molecule has 114 valence electrons. The Morgan fingerprint density at radius 1 is 1.05 bits per heavy atom. The lowest BCUT2D eigenvalue weighted by Crippen LogP contribution is -2.35. The molecule has 0 fully saturated rings. The van der Waals surface area contributed by atoms with Crippen molar-refractivity contribution in [2.75, 3.05) is 13.1 Å². The molecule has 21 heavy (non-hydrogen) atoms. The molecule has 1 heterocycles. The maximum absolute atomic E-state index is 10.4. The number of aliphatic hydroxyl groups excluding tert-OH is 1. The number of thiophene rings is 1. The lowest BCUT2D eigenvalue weighted by molar-refractivity contribution is 0.102. The van der Waals surface area contributed by atoms with Crippen molar-refractivity contribution in [3.8, 4) is 0 Å². The molecule has 2 nitrogen and oxygen atoms in total. The number of aliphatic hydroxyl groups is 1. The van der Waals surface area contributed by atoms with Crippen molar-refractivity contribution in [2.45, 2.75) is 32.9 Å². The van der Waals surface area contributed by atoms with Crippen LogP contribution in [-0.4, -0.2) is 29.2 Å². The molecule has 1 N–H and O–H groups in total. The summed E-state index contributed by atoms with van der Waals surface area (Å²) in [6.07, 6.45) is 0.406. The lowest BCUT2D eigenvalue weighted by Gasteiger charge is -2.26. The Labute approximate surface area is 132 Å². The van der Waals surface area contributed by atoms with E-state index in [9.17, 15) is 5.11 Å². The number of hydrogen-bond donors (Lipinski definition) is 1. The summed E-state index contributed by atoms with van der Waals surface area (Å²) in [5.74, 6) is 0.604. The Morgan fingerprint density at radius 2 is 1.81 bits per heavy atom. The molecule has 1 aromatic heterocycles. The lowest BCUT2D eigenvalue weighted by atomic mass is 10.1. The molecule has 2 aromatic rings. The minimum atomic E-state index is -0.315. The molecule has 0 bridgehead atoms. The fourth-order valence-electron chi connectivity index (χ4n) is 2.61. The fraction of sp³-hybridized carbons (Fsp3) is 0.444. The summed E-state index contributed by atoms with van der Waals surface area (Å²) in [6, 6.07) is 12.4. The van der Waals surface area contributed by atoms with Gasteiger partial charge in [-0.3, -0.25) is 4.90 Å². The first kappa shape index (κ1) is 16.2. The zero-order chi connectivity index (χ0) is 15.1. The molecular formula is C18H25NOS. The van der Waals surface area contributed by atoms with Gasteiger partial charge in [-0.15, -0.1) is 0 Å². The first-order valence-electron chi connectivity index (χ1n) is 7.59. The van der Waals surface area contributed by atoms with Crippen LogP contribution in [0.15, 0.2) is 47.2 Å². The molecule has 0 radical (unpaired) electrons. The second kappa shape index (κ2) is 8.32. The number of nitrogens with zero attached hydrogens (tertiary/aromatic N) is 1. The largest absolute Gasteiger partial charge is 0.391 e. The Kier molecular flexibility index (Phi) is 6.43. The van der Waals surface area contributed by atoms with Crippen molar-refractivity contribution in [1.82, 2.24) is 4.90 Å². The van der Waals surface area contributed by atoms with E-state index in [1.807, 2.05) is 18.2 Å². The van der Waals surface area contributed by atoms with Gasteiger partial charge in [-0.05, 0) is 40.3 Å². The van der Waals surface area contributed by atoms with Crippen LogP contribution in [-0.2, 0) is 13.0 Å². The highest BCUT2D eigenvalue weighted by Crippen LogP contribution is 2.13. The van der Waals surface area contributed by atoms with Gasteiger partial charge in [-0.2, -0.15) is 11.3 Å². The van der Waals surface area contributed by atoms with Crippen LogP contribution in [0.1, 0.15) is 25.0 Å². The standard InChI is InChI=1S/C18H25NOS/c1-15(2)11-19(12-17-8-9-21-14-17)13-18(20)10-16-6-4-3-5-7-16/h3-9,14-15,18,20H,10-13H2,1-2H3/t18-/m1/s1. The quantitative estimate of drug-likeness (QED) is 0.801. The second-order valence-electron chi connectivity index (χ2n) is 6.06. The van der Waals surface area contributed by atoms with Gasteiger partial charge in [0.25, 0.3) is 0 Å². The highest BCUT2D eigenvalue weighted by molar-refractivity contribution is 7.07. The zero-order valence-corrected chi connectivity index (χ0v) is 13.7. The van der Waals surface area contributed by atoms with Crippen molar-refractivity contribution in [1.29, 1.82) is 0 Å². The number of benzene rings is 1. The van der Waals surface area contributed by atoms with Crippen molar-refractivity contribution in [3.63, 3.8) is 0 Å². The minimum Gasteiger partial charge on any atom is -0.391 e. The van der Waals surface area contributed by atoms with Gasteiger partial charge >= 0.3 is 0 Å². The molecule has 3 heteroatoms. The monoisotopic (exact) mass is 303 g/mol. The van der Waals surface area contributed by atoms with E-state index in [4.69, 9.17) is 0 Å². The van der Waals surface area contributed by atoms with Crippen LogP contribution in [0.2, 0.25) is 0 Å². The summed E-state index contributed by atoms with van der Waals surface area (Å²) < 4.78 is 0. The predicted octanol–water partition coefficient (Wildman–Crippen LogP) is 3.81. The normalized spacial score (nSPS) is 13.0. The third-order valence-electron chi connectivity index (χ3n) is 3.39. The van der Waals surface area contributed by atoms with E-state index in [-0.39, 0.29) is 6.10 Å². The third-order valence-corrected chi connectivity index (χ3v) is 4.12. The molecular weight excluding hydrogens is 278 g/mol. The topological polar surface area (TPSA) is 23.5 Å². The van der Waals surface area contributed by atoms with Gasteiger partial charge in [0.15, 0.2) is 0 Å². The van der Waals surface area contributed by atoms with Gasteiger partial charge in [-0.1, -0.05) is 44.2 Å². The van der Waals surface area contributed by atoms with E-state index in [0.29, 0.717) is 5.92 Å². The maximum atomic E-state index is 10.4. The van der Waals surface area contributed by atoms with E-state index in [0.717, 1.165) is 26.1 Å². The zero-order valence-electron chi connectivity index (χ0n) is 12.9. The summed E-state index contributed by atoms with van der Waals surface area (Å²) in [7, 11) is 0. The van der Waals surface area contributed by atoms with Crippen LogP contribution < -0.4 is 0 Å². The highest BCUT2D eigenvalue weighted by atomic mass is 32.1. The van der Waals surface area contributed by atoms with E-state index in [1.165, 1.54) is 11.1 Å². The molecule has 0 aliphatic carbocycles. The van der Waals surface area contributed by atoms with Crippen LogP contribution >= 0.6 is 11.3 Å². The molecule has 0 spiro atoms. The van der Waals surface area contributed by atoms with Crippen LogP contribution in [0.4, 0.5) is 0 Å². The molecule has 0 saturated heterocycles. The smallest absolute Gasteiger partial charge is 0.0707 e. The Balaban J connectivity index is 1.90. The van der Waals surface area contributed by atoms with Crippen LogP contribution in [0, 0.1) is 5.92 Å². The fourth-order valence-corrected chi connectivity index (χ4v) is 3.27. The summed E-state index contributed by atoms with van der Waals surface area (Å²) in [6.45, 7) is 7.12. The van der Waals surface area contributed by atoms with Gasteiger partial charge < -0.3 is 5.11 Å². The van der Waals surface area contributed by atoms with Gasteiger partial charge in [0, 0.05) is 19.6 Å². The average Bonchev–Trinajstić information content (AvgIpc) is 2.91. The van der Waals surface area contributed by atoms with Gasteiger partial charge in [0.2, 0.25) is 0 Å². The Bertz CT molecular complexity index is 495. The average molecular weight is 303 g/mol. The summed E-state index contributed by atoms with van der Waals surface area (Å²) in [4.78, 5) is 2.36. The summed E-state index contributed by atoms with van der Waals surface area (Å²) in [5.41, 5.74) is 2.54. The Morgan fingerprint density at radius 3 is 2.43 bits per heavy atom. The highest BCUT2D eigenvalue weighted by Gasteiger charge is 2.14. The number of rotatable bonds is 8. The summed E-state index contributed by atoms with van der Waals surface area (Å²) >= 11 is 1.73. The first-order valence-corrected chi connectivity index (χ1v) is 8.53.